The van der Waals surface area contributed by atoms with Crippen LogP contribution in [0.5, 0.6) is 0 Å². The van der Waals surface area contributed by atoms with Gasteiger partial charge in [0.05, 0.1) is 24.6 Å². The number of ether oxygens (including phenoxy) is 1. The zero-order valence-corrected chi connectivity index (χ0v) is 21.6. The highest BCUT2D eigenvalue weighted by Gasteiger charge is 2.32. The monoisotopic (exact) mass is 520 g/mol. The van der Waals surface area contributed by atoms with Gasteiger partial charge < -0.3 is 20.1 Å². The van der Waals surface area contributed by atoms with E-state index >= 15 is 0 Å². The number of aliphatic hydroxyl groups excluding tert-OH is 1. The molecular formula is C28H32N4O4S. The summed E-state index contributed by atoms with van der Waals surface area (Å²) in [4.78, 5) is 27.1. The molecule has 1 saturated heterocycles. The first-order chi connectivity index (χ1) is 18.2. The van der Waals surface area contributed by atoms with E-state index in [1.54, 1.807) is 11.8 Å². The molecule has 5 rings (SSSR count). The summed E-state index contributed by atoms with van der Waals surface area (Å²) < 4.78 is 7.37. The largest absolute Gasteiger partial charge is 0.396 e. The molecule has 1 atom stereocenters. The second-order valence-electron chi connectivity index (χ2n) is 9.41. The molecular weight excluding hydrogens is 488 g/mol. The van der Waals surface area contributed by atoms with Crippen LogP contribution in [0.4, 0.5) is 0 Å². The van der Waals surface area contributed by atoms with Crippen molar-refractivity contribution in [2.45, 2.75) is 29.9 Å². The molecule has 3 aromatic rings. The summed E-state index contributed by atoms with van der Waals surface area (Å²) in [5, 5.41) is 17.5. The average Bonchev–Trinajstić information content (AvgIpc) is 3.35. The molecule has 3 heterocycles. The summed E-state index contributed by atoms with van der Waals surface area (Å²) in [6.45, 7) is 2.94. The Hall–Kier alpha value is -3.14. The van der Waals surface area contributed by atoms with Gasteiger partial charge in [-0.3, -0.25) is 9.59 Å². The molecule has 2 N–H and O–H groups in total. The van der Waals surface area contributed by atoms with E-state index in [9.17, 15) is 14.7 Å². The van der Waals surface area contributed by atoms with E-state index in [0.29, 0.717) is 50.7 Å². The number of thioether (sulfide) groups is 1. The minimum atomic E-state index is -0.0429. The molecule has 9 heteroatoms. The molecule has 2 aromatic carbocycles. The summed E-state index contributed by atoms with van der Waals surface area (Å²) in [5.41, 5.74) is 5.55. The van der Waals surface area contributed by atoms with E-state index < -0.39 is 0 Å². The predicted molar refractivity (Wildman–Crippen MR) is 143 cm³/mol. The molecule has 2 aliphatic heterocycles. The first-order valence-corrected chi connectivity index (χ1v) is 13.8. The minimum Gasteiger partial charge on any atom is -0.396 e. The van der Waals surface area contributed by atoms with Gasteiger partial charge in [-0.15, -0.1) is 11.8 Å². The van der Waals surface area contributed by atoms with Crippen molar-refractivity contribution in [2.75, 3.05) is 39.5 Å². The fraction of sp³-hybridized carbons (Fsp3) is 0.393. The SMILES string of the molecule is O=CNCCCC(CO)Cc1cccc(-n2nc(C(=O)N3CCOCC3)c3c2-c2ccccc2SC3)c1. The Morgan fingerprint density at radius 2 is 2.03 bits per heavy atom. The fourth-order valence-corrected chi connectivity index (χ4v) is 6.10. The smallest absolute Gasteiger partial charge is 0.274 e. The van der Waals surface area contributed by atoms with Crippen LogP contribution in [0, 0.1) is 5.92 Å². The highest BCUT2D eigenvalue weighted by atomic mass is 32.2. The Morgan fingerprint density at radius 1 is 1.19 bits per heavy atom. The van der Waals surface area contributed by atoms with Crippen molar-refractivity contribution in [2.24, 2.45) is 5.92 Å². The van der Waals surface area contributed by atoms with E-state index in [4.69, 9.17) is 9.84 Å². The van der Waals surface area contributed by atoms with E-state index in [0.717, 1.165) is 47.3 Å². The maximum atomic E-state index is 13.6. The number of hydrogen-bond acceptors (Lipinski definition) is 6. The van der Waals surface area contributed by atoms with Gasteiger partial charge in [-0.1, -0.05) is 30.3 Å². The third kappa shape index (κ3) is 5.58. The maximum absolute atomic E-state index is 13.6. The summed E-state index contributed by atoms with van der Waals surface area (Å²) in [6.07, 6.45) is 3.07. The molecule has 1 unspecified atom stereocenters. The highest BCUT2D eigenvalue weighted by Crippen LogP contribution is 2.43. The molecule has 0 aliphatic carbocycles. The second-order valence-corrected chi connectivity index (χ2v) is 10.4. The standard InChI is InChI=1S/C28H32N4O4S/c33-17-21(6-4-10-29-19-34)15-20-5-3-7-22(16-20)32-27-23-8-1-2-9-25(23)37-18-24(27)26(30-32)28(35)31-11-13-36-14-12-31/h1-3,5,7-9,16,19,21,33H,4,6,10-15,17-18H2,(H,29,34). The van der Waals surface area contributed by atoms with Crippen molar-refractivity contribution in [1.82, 2.24) is 20.0 Å². The number of benzene rings is 2. The number of nitrogens with zero attached hydrogens (tertiary/aromatic N) is 3. The van der Waals surface area contributed by atoms with Crippen LogP contribution in [0.25, 0.3) is 16.9 Å². The number of nitrogens with one attached hydrogen (secondary N) is 1. The number of hydrogen-bond donors (Lipinski definition) is 2. The number of rotatable bonds is 10. The van der Waals surface area contributed by atoms with Crippen LogP contribution in [-0.4, -0.2) is 71.6 Å². The quantitative estimate of drug-likeness (QED) is 0.315. The lowest BCUT2D eigenvalue weighted by atomic mass is 9.95. The molecule has 8 nitrogen and oxygen atoms in total. The number of fused-ring (bicyclic) bond motifs is 3. The third-order valence-corrected chi connectivity index (χ3v) is 8.05. The normalized spacial score (nSPS) is 15.5. The molecule has 1 fully saturated rings. The first kappa shape index (κ1) is 25.5. The van der Waals surface area contributed by atoms with Crippen molar-refractivity contribution in [3.63, 3.8) is 0 Å². The molecule has 37 heavy (non-hydrogen) atoms. The molecule has 0 saturated carbocycles. The molecule has 2 amide bonds. The summed E-state index contributed by atoms with van der Waals surface area (Å²) in [7, 11) is 0. The Balaban J connectivity index is 1.49. The van der Waals surface area contributed by atoms with E-state index in [1.165, 1.54) is 4.90 Å². The zero-order valence-electron chi connectivity index (χ0n) is 20.8. The van der Waals surface area contributed by atoms with Gasteiger partial charge in [0.2, 0.25) is 6.41 Å². The fourth-order valence-electron chi connectivity index (χ4n) is 5.03. The molecule has 2 aliphatic rings. The van der Waals surface area contributed by atoms with E-state index in [2.05, 4.69) is 29.6 Å². The Bertz CT molecular complexity index is 1250. The lowest BCUT2D eigenvalue weighted by Gasteiger charge is -2.26. The van der Waals surface area contributed by atoms with Crippen LogP contribution in [0.2, 0.25) is 0 Å². The number of amides is 2. The van der Waals surface area contributed by atoms with Crippen molar-refractivity contribution in [1.29, 1.82) is 0 Å². The van der Waals surface area contributed by atoms with Crippen molar-refractivity contribution >= 4 is 24.1 Å². The number of carbonyl (C=O) groups excluding carboxylic acids is 2. The van der Waals surface area contributed by atoms with Gasteiger partial charge >= 0.3 is 0 Å². The number of carbonyl (C=O) groups is 2. The van der Waals surface area contributed by atoms with Crippen LogP contribution in [0.1, 0.15) is 34.5 Å². The highest BCUT2D eigenvalue weighted by molar-refractivity contribution is 7.98. The van der Waals surface area contributed by atoms with Crippen LogP contribution in [-0.2, 0) is 21.7 Å². The van der Waals surface area contributed by atoms with Crippen LogP contribution >= 0.6 is 11.8 Å². The van der Waals surface area contributed by atoms with Gasteiger partial charge in [0.15, 0.2) is 5.69 Å². The Kier molecular flexibility index (Phi) is 8.23. The van der Waals surface area contributed by atoms with Gasteiger partial charge in [-0.25, -0.2) is 4.68 Å². The zero-order chi connectivity index (χ0) is 25.6. The van der Waals surface area contributed by atoms with Gasteiger partial charge in [0.1, 0.15) is 0 Å². The summed E-state index contributed by atoms with van der Waals surface area (Å²) >= 11 is 1.74. The second kappa shape index (κ2) is 11.9. The van der Waals surface area contributed by atoms with E-state index in [1.807, 2.05) is 33.8 Å². The molecule has 0 spiro atoms. The van der Waals surface area contributed by atoms with Crippen LogP contribution in [0.15, 0.2) is 53.4 Å². The van der Waals surface area contributed by atoms with Crippen molar-refractivity contribution in [3.05, 3.63) is 65.4 Å². The average molecular weight is 521 g/mol. The van der Waals surface area contributed by atoms with Crippen molar-refractivity contribution in [3.8, 4) is 16.9 Å². The molecule has 0 bridgehead atoms. The predicted octanol–water partition coefficient (Wildman–Crippen LogP) is 3.29. The Labute approximate surface area is 221 Å². The number of aliphatic hydroxyl groups is 1. The van der Waals surface area contributed by atoms with Gasteiger partial charge in [-0.05, 0) is 48.9 Å². The topological polar surface area (TPSA) is 96.7 Å². The van der Waals surface area contributed by atoms with Crippen LogP contribution in [0.3, 0.4) is 0 Å². The number of morpholine rings is 1. The van der Waals surface area contributed by atoms with Gasteiger partial charge in [-0.2, -0.15) is 5.10 Å². The Morgan fingerprint density at radius 3 is 2.84 bits per heavy atom. The van der Waals surface area contributed by atoms with Crippen LogP contribution < -0.4 is 5.32 Å². The van der Waals surface area contributed by atoms with Gasteiger partial charge in [0.25, 0.3) is 5.91 Å². The maximum Gasteiger partial charge on any atom is 0.274 e. The lowest BCUT2D eigenvalue weighted by molar-refractivity contribution is -0.109. The summed E-state index contributed by atoms with van der Waals surface area (Å²) in [6, 6.07) is 16.5. The third-order valence-electron chi connectivity index (χ3n) is 6.95. The molecule has 194 valence electrons. The molecule has 0 radical (unpaired) electrons. The van der Waals surface area contributed by atoms with Gasteiger partial charge in [0, 0.05) is 48.0 Å². The minimum absolute atomic E-state index is 0.0429. The molecule has 1 aromatic heterocycles. The first-order valence-electron chi connectivity index (χ1n) is 12.8. The summed E-state index contributed by atoms with van der Waals surface area (Å²) in [5.74, 6) is 0.753. The lowest BCUT2D eigenvalue weighted by Crippen LogP contribution is -2.41. The van der Waals surface area contributed by atoms with Crippen molar-refractivity contribution < 1.29 is 19.4 Å². The van der Waals surface area contributed by atoms with E-state index in [-0.39, 0.29) is 18.4 Å². The number of aromatic nitrogens is 2.